The number of nitro benzene ring substituents is 1. The van der Waals surface area contributed by atoms with Crippen LogP contribution in [0.5, 0.6) is 17.2 Å². The summed E-state index contributed by atoms with van der Waals surface area (Å²) in [7, 11) is 1.46. The zero-order chi connectivity index (χ0) is 15.4. The molecule has 2 rings (SSSR count). The molecule has 0 N–H and O–H groups in total. The van der Waals surface area contributed by atoms with E-state index in [1.54, 1.807) is 19.1 Å². The van der Waals surface area contributed by atoms with Crippen LogP contribution in [0, 0.1) is 17.0 Å². The second-order valence-electron chi connectivity index (χ2n) is 4.34. The maximum atomic E-state index is 11.0. The van der Waals surface area contributed by atoms with Crippen LogP contribution in [0.1, 0.15) is 15.9 Å². The summed E-state index contributed by atoms with van der Waals surface area (Å²) in [5.41, 5.74) is 1.02. The number of nitro groups is 1. The van der Waals surface area contributed by atoms with E-state index in [1.165, 1.54) is 31.4 Å². The third kappa shape index (κ3) is 3.17. The topological polar surface area (TPSA) is 78.7 Å². The highest BCUT2D eigenvalue weighted by Crippen LogP contribution is 2.35. The molecule has 0 aliphatic rings. The Morgan fingerprint density at radius 1 is 1.14 bits per heavy atom. The van der Waals surface area contributed by atoms with Crippen LogP contribution >= 0.6 is 0 Å². The minimum Gasteiger partial charge on any atom is -0.497 e. The number of aldehydes is 1. The molecule has 0 aromatic heterocycles. The van der Waals surface area contributed by atoms with E-state index in [0.717, 1.165) is 5.56 Å². The lowest BCUT2D eigenvalue weighted by atomic mass is 10.1. The van der Waals surface area contributed by atoms with Gasteiger partial charge in [0.1, 0.15) is 17.8 Å². The van der Waals surface area contributed by atoms with Gasteiger partial charge in [0, 0.05) is 17.7 Å². The minimum absolute atomic E-state index is 0.0606. The van der Waals surface area contributed by atoms with Crippen molar-refractivity contribution in [3.63, 3.8) is 0 Å². The van der Waals surface area contributed by atoms with Gasteiger partial charge in [-0.3, -0.25) is 14.9 Å². The Labute approximate surface area is 121 Å². The summed E-state index contributed by atoms with van der Waals surface area (Å²) in [5.74, 6) is 0.890. The molecule has 0 amide bonds. The summed E-state index contributed by atoms with van der Waals surface area (Å²) in [6.07, 6.45) is 0.687. The molecule has 0 aliphatic heterocycles. The smallest absolute Gasteiger partial charge is 0.311 e. The molecule has 0 saturated carbocycles. The Bertz CT molecular complexity index is 696. The van der Waals surface area contributed by atoms with Gasteiger partial charge >= 0.3 is 5.69 Å². The molecule has 2 aromatic carbocycles. The minimum atomic E-state index is -0.534. The molecular formula is C15H13NO5. The standard InChI is InChI=1S/C15H13NO5/c1-10-3-4-11(9-17)7-14(10)21-15-8-12(20-2)5-6-13(15)16(18)19/h3-9H,1-2H3. The number of rotatable bonds is 5. The number of carbonyl (C=O) groups is 1. The lowest BCUT2D eigenvalue weighted by Gasteiger charge is -2.10. The molecule has 6 nitrogen and oxygen atoms in total. The number of benzene rings is 2. The second-order valence-corrected chi connectivity index (χ2v) is 4.34. The first-order valence-corrected chi connectivity index (χ1v) is 6.11. The molecule has 0 bridgehead atoms. The fourth-order valence-corrected chi connectivity index (χ4v) is 1.77. The Morgan fingerprint density at radius 3 is 2.52 bits per heavy atom. The lowest BCUT2D eigenvalue weighted by Crippen LogP contribution is -1.96. The van der Waals surface area contributed by atoms with Crippen molar-refractivity contribution in [3.8, 4) is 17.2 Å². The normalized spacial score (nSPS) is 10.0. The van der Waals surface area contributed by atoms with Crippen molar-refractivity contribution < 1.29 is 19.2 Å². The molecule has 0 spiro atoms. The predicted octanol–water partition coefficient (Wildman–Crippen LogP) is 3.52. The van der Waals surface area contributed by atoms with Crippen molar-refractivity contribution in [3.05, 3.63) is 57.6 Å². The quantitative estimate of drug-likeness (QED) is 0.477. The molecule has 0 atom stereocenters. The van der Waals surface area contributed by atoms with Gasteiger partial charge in [-0.25, -0.2) is 0 Å². The predicted molar refractivity (Wildman–Crippen MR) is 76.3 cm³/mol. The van der Waals surface area contributed by atoms with Crippen molar-refractivity contribution in [2.24, 2.45) is 0 Å². The van der Waals surface area contributed by atoms with E-state index in [9.17, 15) is 14.9 Å². The summed E-state index contributed by atoms with van der Waals surface area (Å²) < 4.78 is 10.6. The molecule has 0 unspecified atom stereocenters. The monoisotopic (exact) mass is 287 g/mol. The first kappa shape index (κ1) is 14.5. The van der Waals surface area contributed by atoms with Crippen molar-refractivity contribution in [2.75, 3.05) is 7.11 Å². The van der Waals surface area contributed by atoms with Crippen molar-refractivity contribution >= 4 is 12.0 Å². The molecule has 21 heavy (non-hydrogen) atoms. The number of ether oxygens (including phenoxy) is 2. The van der Waals surface area contributed by atoms with Gasteiger partial charge in [0.05, 0.1) is 12.0 Å². The average molecular weight is 287 g/mol. The number of methoxy groups -OCH3 is 1. The highest BCUT2D eigenvalue weighted by atomic mass is 16.6. The average Bonchev–Trinajstić information content (AvgIpc) is 2.49. The van der Waals surface area contributed by atoms with Gasteiger partial charge in [-0.1, -0.05) is 12.1 Å². The van der Waals surface area contributed by atoms with Crippen LogP contribution in [0.4, 0.5) is 5.69 Å². The van der Waals surface area contributed by atoms with E-state index >= 15 is 0 Å². The SMILES string of the molecule is COc1ccc([N+](=O)[O-])c(Oc2cc(C=O)ccc2C)c1. The Balaban J connectivity index is 2.47. The summed E-state index contributed by atoms with van der Waals surface area (Å²) in [5, 5.41) is 11.0. The van der Waals surface area contributed by atoms with Crippen molar-refractivity contribution in [2.45, 2.75) is 6.92 Å². The van der Waals surface area contributed by atoms with E-state index in [1.807, 2.05) is 0 Å². The zero-order valence-electron chi connectivity index (χ0n) is 11.5. The summed E-state index contributed by atoms with van der Waals surface area (Å²) in [4.78, 5) is 21.3. The van der Waals surface area contributed by atoms with Gasteiger partial charge in [-0.15, -0.1) is 0 Å². The van der Waals surface area contributed by atoms with Crippen LogP contribution in [0.3, 0.4) is 0 Å². The lowest BCUT2D eigenvalue weighted by molar-refractivity contribution is -0.385. The van der Waals surface area contributed by atoms with Crippen LogP contribution in [0.2, 0.25) is 0 Å². The number of aryl methyl sites for hydroxylation is 1. The largest absolute Gasteiger partial charge is 0.497 e. The molecule has 0 heterocycles. The fraction of sp³-hybridized carbons (Fsp3) is 0.133. The first-order valence-electron chi connectivity index (χ1n) is 6.11. The maximum Gasteiger partial charge on any atom is 0.311 e. The Hall–Kier alpha value is -2.89. The van der Waals surface area contributed by atoms with Crippen LogP contribution in [-0.2, 0) is 0 Å². The van der Waals surface area contributed by atoms with Gasteiger partial charge in [-0.05, 0) is 24.6 Å². The van der Waals surface area contributed by atoms with E-state index < -0.39 is 4.92 Å². The summed E-state index contributed by atoms with van der Waals surface area (Å²) in [6, 6.07) is 9.13. The van der Waals surface area contributed by atoms with Gasteiger partial charge in [-0.2, -0.15) is 0 Å². The van der Waals surface area contributed by atoms with Crippen LogP contribution in [0.25, 0.3) is 0 Å². The molecule has 6 heteroatoms. The van der Waals surface area contributed by atoms with E-state index in [4.69, 9.17) is 9.47 Å². The third-order valence-corrected chi connectivity index (χ3v) is 2.93. The number of carbonyl (C=O) groups excluding carboxylic acids is 1. The number of nitrogens with zero attached hydrogens (tertiary/aromatic N) is 1. The molecular weight excluding hydrogens is 274 g/mol. The van der Waals surface area contributed by atoms with Crippen molar-refractivity contribution in [1.29, 1.82) is 0 Å². The summed E-state index contributed by atoms with van der Waals surface area (Å²) in [6.45, 7) is 1.79. The Kier molecular flexibility index (Phi) is 4.18. The van der Waals surface area contributed by atoms with E-state index in [0.29, 0.717) is 23.3 Å². The van der Waals surface area contributed by atoms with Gasteiger partial charge < -0.3 is 9.47 Å². The zero-order valence-corrected chi connectivity index (χ0v) is 11.5. The molecule has 2 aromatic rings. The maximum absolute atomic E-state index is 11.0. The van der Waals surface area contributed by atoms with Gasteiger partial charge in [0.25, 0.3) is 0 Å². The Morgan fingerprint density at radius 2 is 1.90 bits per heavy atom. The van der Waals surface area contributed by atoms with Crippen LogP contribution in [-0.4, -0.2) is 18.3 Å². The number of hydrogen-bond acceptors (Lipinski definition) is 5. The second kappa shape index (κ2) is 6.04. The molecule has 0 saturated heterocycles. The fourth-order valence-electron chi connectivity index (χ4n) is 1.77. The van der Waals surface area contributed by atoms with Crippen molar-refractivity contribution in [1.82, 2.24) is 0 Å². The molecule has 0 fully saturated rings. The van der Waals surface area contributed by atoms with Crippen LogP contribution < -0.4 is 9.47 Å². The number of hydrogen-bond donors (Lipinski definition) is 0. The highest BCUT2D eigenvalue weighted by Gasteiger charge is 2.17. The van der Waals surface area contributed by atoms with Gasteiger partial charge in [0.15, 0.2) is 0 Å². The van der Waals surface area contributed by atoms with Gasteiger partial charge in [0.2, 0.25) is 5.75 Å². The third-order valence-electron chi connectivity index (χ3n) is 2.93. The molecule has 0 aliphatic carbocycles. The molecule has 0 radical (unpaired) electrons. The van der Waals surface area contributed by atoms with Crippen LogP contribution in [0.15, 0.2) is 36.4 Å². The summed E-state index contributed by atoms with van der Waals surface area (Å²) >= 11 is 0. The van der Waals surface area contributed by atoms with E-state index in [-0.39, 0.29) is 11.4 Å². The highest BCUT2D eigenvalue weighted by molar-refractivity contribution is 5.76. The van der Waals surface area contributed by atoms with E-state index in [2.05, 4.69) is 0 Å². The molecule has 108 valence electrons. The first-order chi connectivity index (χ1) is 10.0.